The number of nitrogens with zero attached hydrogens (tertiary/aromatic N) is 2. The molecule has 9 heteroatoms. The second-order valence-electron chi connectivity index (χ2n) is 8.42. The summed E-state index contributed by atoms with van der Waals surface area (Å²) < 4.78 is 0. The predicted octanol–water partition coefficient (Wildman–Crippen LogP) is 0.137. The average molecular weight is 456 g/mol. The van der Waals surface area contributed by atoms with Crippen LogP contribution in [0.4, 0.5) is 5.69 Å². The van der Waals surface area contributed by atoms with Crippen molar-refractivity contribution in [3.05, 3.63) is 41.5 Å². The van der Waals surface area contributed by atoms with E-state index in [9.17, 15) is 9.59 Å². The number of imide groups is 1. The van der Waals surface area contributed by atoms with Crippen molar-refractivity contribution in [1.82, 2.24) is 25.8 Å². The molecule has 0 unspecified atom stereocenters. The van der Waals surface area contributed by atoms with E-state index < -0.39 is 0 Å². The van der Waals surface area contributed by atoms with Crippen LogP contribution in [-0.2, 0) is 0 Å². The fourth-order valence-electron chi connectivity index (χ4n) is 3.92. The molecule has 0 saturated heterocycles. The standard InChI is InChI=1S/C24H37N7O2/c1-30(2)16-17-31-23(32)19-5-3-4-18-21(7-6-20(22(18)19)24(31)33)29-15-14-28-13-12-27-11-10-26-9-8-25/h3-7,26-29H,8-17,25H2,1-2H3. The second-order valence-corrected chi connectivity index (χ2v) is 8.42. The highest BCUT2D eigenvalue weighted by Gasteiger charge is 2.32. The maximum Gasteiger partial charge on any atom is 0.261 e. The topological polar surface area (TPSA) is 115 Å². The Kier molecular flexibility index (Phi) is 9.59. The Balaban J connectivity index is 1.54. The molecule has 0 fully saturated rings. The normalized spacial score (nSPS) is 13.4. The third-order valence-corrected chi connectivity index (χ3v) is 5.66. The van der Waals surface area contributed by atoms with E-state index >= 15 is 0 Å². The minimum absolute atomic E-state index is 0.218. The molecule has 0 radical (unpaired) electrons. The summed E-state index contributed by atoms with van der Waals surface area (Å²) in [6.07, 6.45) is 0. The third-order valence-electron chi connectivity index (χ3n) is 5.66. The number of benzene rings is 2. The highest BCUT2D eigenvalue weighted by atomic mass is 16.2. The number of rotatable bonds is 15. The molecule has 0 saturated carbocycles. The molecule has 6 N–H and O–H groups in total. The number of hydrogen-bond donors (Lipinski definition) is 5. The molecule has 9 nitrogen and oxygen atoms in total. The van der Waals surface area contributed by atoms with Gasteiger partial charge in [0.25, 0.3) is 11.8 Å². The predicted molar refractivity (Wildman–Crippen MR) is 134 cm³/mol. The summed E-state index contributed by atoms with van der Waals surface area (Å²) in [7, 11) is 3.86. The maximum atomic E-state index is 13.0. The van der Waals surface area contributed by atoms with Crippen molar-refractivity contribution in [2.45, 2.75) is 0 Å². The van der Waals surface area contributed by atoms with Gasteiger partial charge in [-0.25, -0.2) is 0 Å². The Morgan fingerprint density at radius 1 is 0.818 bits per heavy atom. The van der Waals surface area contributed by atoms with Crippen LogP contribution >= 0.6 is 0 Å². The van der Waals surface area contributed by atoms with Crippen molar-refractivity contribution in [2.24, 2.45) is 5.73 Å². The molecule has 1 heterocycles. The van der Waals surface area contributed by atoms with E-state index in [2.05, 4.69) is 21.3 Å². The Morgan fingerprint density at radius 2 is 1.42 bits per heavy atom. The zero-order valence-corrected chi connectivity index (χ0v) is 19.7. The number of nitrogens with two attached hydrogens (primary N) is 1. The molecule has 2 amide bonds. The molecule has 2 aromatic rings. The van der Waals surface area contributed by atoms with E-state index in [1.54, 1.807) is 0 Å². The van der Waals surface area contributed by atoms with Crippen LogP contribution < -0.4 is 27.0 Å². The lowest BCUT2D eigenvalue weighted by Crippen LogP contribution is -2.43. The van der Waals surface area contributed by atoms with E-state index in [-0.39, 0.29) is 11.8 Å². The van der Waals surface area contributed by atoms with Gasteiger partial charge in [-0.3, -0.25) is 14.5 Å². The summed E-state index contributed by atoms with van der Waals surface area (Å²) in [5.41, 5.74) is 7.56. The van der Waals surface area contributed by atoms with Crippen molar-refractivity contribution in [3.8, 4) is 0 Å². The number of carbonyl (C=O) groups excluding carboxylic acids is 2. The average Bonchev–Trinajstić information content (AvgIpc) is 2.81. The number of carbonyl (C=O) groups is 2. The van der Waals surface area contributed by atoms with Gasteiger partial charge in [0.1, 0.15) is 0 Å². The minimum Gasteiger partial charge on any atom is -0.383 e. The molecule has 180 valence electrons. The van der Waals surface area contributed by atoms with Crippen LogP contribution in [0.5, 0.6) is 0 Å². The molecule has 33 heavy (non-hydrogen) atoms. The SMILES string of the molecule is CN(C)CCN1C(=O)c2cccc3c(NCCNCCNCCNCCN)ccc(c23)C1=O. The fourth-order valence-corrected chi connectivity index (χ4v) is 3.92. The Labute approximate surface area is 196 Å². The Bertz CT molecular complexity index is 926. The highest BCUT2D eigenvalue weighted by molar-refractivity contribution is 6.26. The molecule has 1 aliphatic rings. The van der Waals surface area contributed by atoms with Gasteiger partial charge in [0, 0.05) is 93.0 Å². The number of likely N-dealkylation sites (N-methyl/N-ethyl adjacent to an activating group) is 1. The van der Waals surface area contributed by atoms with Crippen LogP contribution in [-0.4, -0.2) is 101 Å². The third kappa shape index (κ3) is 6.49. The number of amides is 2. The van der Waals surface area contributed by atoms with Crippen LogP contribution in [0.25, 0.3) is 10.8 Å². The molecule has 1 aliphatic heterocycles. The van der Waals surface area contributed by atoms with Gasteiger partial charge in [0.2, 0.25) is 0 Å². The van der Waals surface area contributed by atoms with Crippen LogP contribution in [0, 0.1) is 0 Å². The molecular weight excluding hydrogens is 418 g/mol. The number of nitrogens with one attached hydrogen (secondary N) is 4. The summed E-state index contributed by atoms with van der Waals surface area (Å²) in [5, 5.41) is 15.1. The lowest BCUT2D eigenvalue weighted by atomic mass is 9.93. The lowest BCUT2D eigenvalue weighted by Gasteiger charge is -2.28. The summed E-state index contributed by atoms with van der Waals surface area (Å²) in [5.74, 6) is -0.436. The Hall–Kier alpha value is -2.56. The molecule has 0 spiro atoms. The highest BCUT2D eigenvalue weighted by Crippen LogP contribution is 2.34. The lowest BCUT2D eigenvalue weighted by molar-refractivity contribution is 0.0601. The molecule has 0 aromatic heterocycles. The molecule has 0 atom stereocenters. The quantitative estimate of drug-likeness (QED) is 0.190. The van der Waals surface area contributed by atoms with Gasteiger partial charge in [-0.1, -0.05) is 12.1 Å². The smallest absolute Gasteiger partial charge is 0.261 e. The van der Waals surface area contributed by atoms with Crippen LogP contribution in [0.3, 0.4) is 0 Å². The number of anilines is 1. The van der Waals surface area contributed by atoms with Gasteiger partial charge < -0.3 is 31.9 Å². The monoisotopic (exact) mass is 455 g/mol. The van der Waals surface area contributed by atoms with E-state index in [1.165, 1.54) is 4.90 Å². The van der Waals surface area contributed by atoms with Crippen molar-refractivity contribution in [1.29, 1.82) is 0 Å². The van der Waals surface area contributed by atoms with Crippen molar-refractivity contribution >= 4 is 28.3 Å². The summed E-state index contributed by atoms with van der Waals surface area (Å²) in [4.78, 5) is 29.4. The van der Waals surface area contributed by atoms with Gasteiger partial charge >= 0.3 is 0 Å². The molecule has 0 bridgehead atoms. The zero-order valence-electron chi connectivity index (χ0n) is 19.7. The van der Waals surface area contributed by atoms with E-state index in [1.807, 2.05) is 49.3 Å². The molecule has 3 rings (SSSR count). The largest absolute Gasteiger partial charge is 0.383 e. The van der Waals surface area contributed by atoms with Gasteiger partial charge in [0.05, 0.1) is 0 Å². The van der Waals surface area contributed by atoms with Gasteiger partial charge in [-0.15, -0.1) is 0 Å². The number of hydrogen-bond acceptors (Lipinski definition) is 8. The summed E-state index contributed by atoms with van der Waals surface area (Å²) in [6.45, 7) is 7.71. The Morgan fingerprint density at radius 3 is 2.06 bits per heavy atom. The first-order chi connectivity index (χ1) is 16.0. The van der Waals surface area contributed by atoms with Crippen LogP contribution in [0.2, 0.25) is 0 Å². The van der Waals surface area contributed by atoms with E-state index in [0.717, 1.165) is 62.3 Å². The van der Waals surface area contributed by atoms with Crippen LogP contribution in [0.15, 0.2) is 30.3 Å². The van der Waals surface area contributed by atoms with Crippen molar-refractivity contribution < 1.29 is 9.59 Å². The second kappa shape index (κ2) is 12.6. The van der Waals surface area contributed by atoms with Gasteiger partial charge in [0.15, 0.2) is 0 Å². The molecule has 0 aliphatic carbocycles. The van der Waals surface area contributed by atoms with Crippen molar-refractivity contribution in [2.75, 3.05) is 84.9 Å². The first-order valence-electron chi connectivity index (χ1n) is 11.7. The summed E-state index contributed by atoms with van der Waals surface area (Å²) in [6, 6.07) is 9.44. The minimum atomic E-state index is -0.218. The van der Waals surface area contributed by atoms with E-state index in [0.29, 0.717) is 30.8 Å². The fraction of sp³-hybridized carbons (Fsp3) is 0.500. The summed E-state index contributed by atoms with van der Waals surface area (Å²) >= 11 is 0. The van der Waals surface area contributed by atoms with Gasteiger partial charge in [-0.2, -0.15) is 0 Å². The first kappa shape index (κ1) is 25.1. The van der Waals surface area contributed by atoms with E-state index in [4.69, 9.17) is 5.73 Å². The van der Waals surface area contributed by atoms with Crippen LogP contribution in [0.1, 0.15) is 20.7 Å². The maximum absolute atomic E-state index is 13.0. The first-order valence-corrected chi connectivity index (χ1v) is 11.7. The van der Waals surface area contributed by atoms with Crippen molar-refractivity contribution in [3.63, 3.8) is 0 Å². The molecule has 2 aromatic carbocycles. The zero-order chi connectivity index (χ0) is 23.6. The van der Waals surface area contributed by atoms with Gasteiger partial charge in [-0.05, 0) is 32.3 Å². The molecular formula is C24H37N7O2.